The SMILES string of the molecule is CC1CC(=O)C2=C(CCCC2(C)C)O1. The second kappa shape index (κ2) is 3.11. The second-order valence-electron chi connectivity index (χ2n) is 5.09. The maximum atomic E-state index is 11.9. The number of rotatable bonds is 0. The molecule has 14 heavy (non-hydrogen) atoms. The number of carbonyl (C=O) groups excluding carboxylic acids is 1. The Morgan fingerprint density at radius 3 is 2.86 bits per heavy atom. The molecule has 1 unspecified atom stereocenters. The Labute approximate surface area is 85.3 Å². The van der Waals surface area contributed by atoms with Crippen LogP contribution in [0.5, 0.6) is 0 Å². The van der Waals surface area contributed by atoms with Gasteiger partial charge in [0.25, 0.3) is 0 Å². The van der Waals surface area contributed by atoms with Gasteiger partial charge < -0.3 is 4.74 Å². The zero-order chi connectivity index (χ0) is 10.3. The van der Waals surface area contributed by atoms with Crippen LogP contribution < -0.4 is 0 Å². The molecule has 0 radical (unpaired) electrons. The van der Waals surface area contributed by atoms with Crippen molar-refractivity contribution < 1.29 is 9.53 Å². The minimum Gasteiger partial charge on any atom is -0.494 e. The Morgan fingerprint density at radius 1 is 1.43 bits per heavy atom. The van der Waals surface area contributed by atoms with Crippen LogP contribution in [0.15, 0.2) is 11.3 Å². The number of Topliss-reactive ketones (excluding diaryl/α,β-unsaturated/α-hetero) is 1. The molecule has 2 nitrogen and oxygen atoms in total. The second-order valence-corrected chi connectivity index (χ2v) is 5.09. The van der Waals surface area contributed by atoms with Crippen molar-refractivity contribution in [2.45, 2.75) is 52.6 Å². The molecule has 0 spiro atoms. The lowest BCUT2D eigenvalue weighted by Crippen LogP contribution is -2.34. The number of ketones is 1. The molecule has 2 aliphatic rings. The van der Waals surface area contributed by atoms with Gasteiger partial charge in [0.1, 0.15) is 11.9 Å². The Bertz CT molecular complexity index is 299. The number of allylic oxidation sites excluding steroid dienone is 2. The molecular formula is C12H18O2. The molecule has 0 saturated heterocycles. The third kappa shape index (κ3) is 1.47. The summed E-state index contributed by atoms with van der Waals surface area (Å²) in [5.41, 5.74) is 1.01. The molecule has 0 fully saturated rings. The largest absolute Gasteiger partial charge is 0.494 e. The average molecular weight is 194 g/mol. The smallest absolute Gasteiger partial charge is 0.166 e. The Kier molecular flexibility index (Phi) is 2.17. The molecular weight excluding hydrogens is 176 g/mol. The van der Waals surface area contributed by atoms with Gasteiger partial charge in [-0.15, -0.1) is 0 Å². The van der Waals surface area contributed by atoms with E-state index < -0.39 is 0 Å². The molecule has 0 aromatic carbocycles. The Morgan fingerprint density at radius 2 is 2.14 bits per heavy atom. The normalized spacial score (nSPS) is 31.1. The van der Waals surface area contributed by atoms with Gasteiger partial charge in [-0.1, -0.05) is 13.8 Å². The molecule has 78 valence electrons. The number of carbonyl (C=O) groups is 1. The summed E-state index contributed by atoms with van der Waals surface area (Å²) in [6.45, 7) is 6.28. The highest BCUT2D eigenvalue weighted by molar-refractivity contribution is 5.98. The predicted octanol–water partition coefficient (Wildman–Crippen LogP) is 2.83. The van der Waals surface area contributed by atoms with E-state index in [2.05, 4.69) is 13.8 Å². The summed E-state index contributed by atoms with van der Waals surface area (Å²) in [6.07, 6.45) is 3.84. The third-order valence-electron chi connectivity index (χ3n) is 3.26. The van der Waals surface area contributed by atoms with E-state index in [1.807, 2.05) is 6.92 Å². The summed E-state index contributed by atoms with van der Waals surface area (Å²) >= 11 is 0. The molecule has 0 amide bonds. The monoisotopic (exact) mass is 194 g/mol. The van der Waals surface area contributed by atoms with E-state index in [-0.39, 0.29) is 11.5 Å². The molecule has 2 heteroatoms. The van der Waals surface area contributed by atoms with Gasteiger partial charge in [0.05, 0.1) is 0 Å². The number of ether oxygens (including phenoxy) is 1. The lowest BCUT2D eigenvalue weighted by atomic mass is 9.71. The van der Waals surface area contributed by atoms with Gasteiger partial charge in [-0.3, -0.25) is 4.79 Å². The van der Waals surface area contributed by atoms with Crippen molar-refractivity contribution in [2.75, 3.05) is 0 Å². The minimum atomic E-state index is 0.0325. The highest BCUT2D eigenvalue weighted by Crippen LogP contribution is 2.43. The highest BCUT2D eigenvalue weighted by atomic mass is 16.5. The van der Waals surface area contributed by atoms with Crippen LogP contribution in [0.25, 0.3) is 0 Å². The van der Waals surface area contributed by atoms with Crippen molar-refractivity contribution in [3.8, 4) is 0 Å². The predicted molar refractivity (Wildman–Crippen MR) is 54.8 cm³/mol. The third-order valence-corrected chi connectivity index (χ3v) is 3.26. The van der Waals surface area contributed by atoms with Crippen LogP contribution in [0.2, 0.25) is 0 Å². The Hall–Kier alpha value is -0.790. The van der Waals surface area contributed by atoms with Crippen LogP contribution in [-0.2, 0) is 9.53 Å². The number of hydrogen-bond acceptors (Lipinski definition) is 2. The molecule has 0 saturated carbocycles. The first-order valence-electron chi connectivity index (χ1n) is 5.44. The summed E-state index contributed by atoms with van der Waals surface area (Å²) in [7, 11) is 0. The fourth-order valence-electron chi connectivity index (χ4n) is 2.62. The Balaban J connectivity index is 2.41. The zero-order valence-electron chi connectivity index (χ0n) is 9.22. The highest BCUT2D eigenvalue weighted by Gasteiger charge is 2.38. The van der Waals surface area contributed by atoms with Crippen LogP contribution in [0.1, 0.15) is 46.5 Å². The van der Waals surface area contributed by atoms with Crippen LogP contribution in [0, 0.1) is 5.41 Å². The molecule has 1 aliphatic heterocycles. The quantitative estimate of drug-likeness (QED) is 0.592. The van der Waals surface area contributed by atoms with Crippen molar-refractivity contribution in [3.05, 3.63) is 11.3 Å². The van der Waals surface area contributed by atoms with Crippen molar-refractivity contribution in [3.63, 3.8) is 0 Å². The van der Waals surface area contributed by atoms with E-state index in [9.17, 15) is 4.79 Å². The molecule has 1 heterocycles. The first kappa shape index (κ1) is 9.75. The van der Waals surface area contributed by atoms with Gasteiger partial charge in [-0.25, -0.2) is 0 Å². The van der Waals surface area contributed by atoms with E-state index in [0.29, 0.717) is 12.2 Å². The van der Waals surface area contributed by atoms with Crippen LogP contribution in [0.3, 0.4) is 0 Å². The molecule has 1 atom stereocenters. The van der Waals surface area contributed by atoms with Crippen LogP contribution in [0.4, 0.5) is 0 Å². The van der Waals surface area contributed by atoms with E-state index in [4.69, 9.17) is 4.74 Å². The zero-order valence-corrected chi connectivity index (χ0v) is 9.22. The van der Waals surface area contributed by atoms with Gasteiger partial charge in [-0.05, 0) is 25.2 Å². The fourth-order valence-corrected chi connectivity index (χ4v) is 2.62. The van der Waals surface area contributed by atoms with E-state index in [1.165, 1.54) is 0 Å². The molecule has 2 rings (SSSR count). The van der Waals surface area contributed by atoms with E-state index in [0.717, 1.165) is 30.6 Å². The first-order valence-corrected chi connectivity index (χ1v) is 5.44. The standard InChI is InChI=1S/C12H18O2/c1-8-7-9(13)11-10(14-8)5-4-6-12(11,2)3/h8H,4-7H2,1-3H3. The van der Waals surface area contributed by atoms with Crippen molar-refractivity contribution in [1.82, 2.24) is 0 Å². The lowest BCUT2D eigenvalue weighted by Gasteiger charge is -2.38. The summed E-state index contributed by atoms with van der Waals surface area (Å²) in [5.74, 6) is 1.29. The maximum absolute atomic E-state index is 11.9. The fraction of sp³-hybridized carbons (Fsp3) is 0.750. The average Bonchev–Trinajstić information content (AvgIpc) is 2.00. The molecule has 0 aromatic rings. The van der Waals surface area contributed by atoms with Gasteiger partial charge in [-0.2, -0.15) is 0 Å². The van der Waals surface area contributed by atoms with Crippen LogP contribution >= 0.6 is 0 Å². The van der Waals surface area contributed by atoms with Gasteiger partial charge in [0.2, 0.25) is 0 Å². The summed E-state index contributed by atoms with van der Waals surface area (Å²) in [6, 6.07) is 0. The summed E-state index contributed by atoms with van der Waals surface area (Å²) in [4.78, 5) is 11.9. The van der Waals surface area contributed by atoms with Crippen molar-refractivity contribution >= 4 is 5.78 Å². The van der Waals surface area contributed by atoms with Crippen LogP contribution in [-0.4, -0.2) is 11.9 Å². The summed E-state index contributed by atoms with van der Waals surface area (Å²) < 4.78 is 5.76. The van der Waals surface area contributed by atoms with E-state index in [1.54, 1.807) is 0 Å². The van der Waals surface area contributed by atoms with Crippen molar-refractivity contribution in [1.29, 1.82) is 0 Å². The first-order chi connectivity index (χ1) is 6.50. The van der Waals surface area contributed by atoms with Gasteiger partial charge >= 0.3 is 0 Å². The topological polar surface area (TPSA) is 26.3 Å². The summed E-state index contributed by atoms with van der Waals surface area (Å²) in [5, 5.41) is 0. The maximum Gasteiger partial charge on any atom is 0.166 e. The van der Waals surface area contributed by atoms with Gasteiger partial charge in [0, 0.05) is 18.4 Å². The van der Waals surface area contributed by atoms with Crippen molar-refractivity contribution in [2.24, 2.45) is 5.41 Å². The minimum absolute atomic E-state index is 0.0325. The molecule has 0 aromatic heterocycles. The lowest BCUT2D eigenvalue weighted by molar-refractivity contribution is -0.121. The van der Waals surface area contributed by atoms with Gasteiger partial charge in [0.15, 0.2) is 5.78 Å². The molecule has 0 bridgehead atoms. The molecule has 0 N–H and O–H groups in total. The number of hydrogen-bond donors (Lipinski definition) is 0. The van der Waals surface area contributed by atoms with E-state index >= 15 is 0 Å². The molecule has 1 aliphatic carbocycles.